The van der Waals surface area contributed by atoms with Gasteiger partial charge in [0.1, 0.15) is 12.0 Å². The van der Waals surface area contributed by atoms with Gasteiger partial charge in [-0.2, -0.15) is 0 Å². The zero-order chi connectivity index (χ0) is 20.6. The van der Waals surface area contributed by atoms with Crippen LogP contribution in [0.4, 0.5) is 5.69 Å². The van der Waals surface area contributed by atoms with Crippen LogP contribution in [0.15, 0.2) is 54.6 Å². The van der Waals surface area contributed by atoms with Gasteiger partial charge in [-0.15, -0.1) is 0 Å². The van der Waals surface area contributed by atoms with E-state index in [1.165, 1.54) is 0 Å². The minimum absolute atomic E-state index is 0.207. The fourth-order valence-electron chi connectivity index (χ4n) is 3.15. The number of para-hydroxylation sites is 1. The Labute approximate surface area is 169 Å². The lowest BCUT2D eigenvalue weighted by Crippen LogP contribution is -2.51. The Kier molecular flexibility index (Phi) is 6.84. The molecule has 0 N–H and O–H groups in total. The Morgan fingerprint density at radius 3 is 2.28 bits per heavy atom. The van der Waals surface area contributed by atoms with Crippen molar-refractivity contribution in [2.75, 3.05) is 37.7 Å². The van der Waals surface area contributed by atoms with E-state index in [-0.39, 0.29) is 12.5 Å². The lowest BCUT2D eigenvalue weighted by molar-refractivity contribution is -0.160. The summed E-state index contributed by atoms with van der Waals surface area (Å²) in [6, 6.07) is 16.4. The van der Waals surface area contributed by atoms with E-state index in [1.54, 1.807) is 36.1 Å². The Balaban J connectivity index is 1.42. The molecule has 1 fully saturated rings. The summed E-state index contributed by atoms with van der Waals surface area (Å²) in [5.41, 5.74) is 1.66. The van der Waals surface area contributed by atoms with Gasteiger partial charge in [0.25, 0.3) is 5.91 Å². The predicted molar refractivity (Wildman–Crippen MR) is 108 cm³/mol. The molecule has 1 heterocycles. The highest BCUT2D eigenvalue weighted by atomic mass is 16.6. The van der Waals surface area contributed by atoms with Gasteiger partial charge in [-0.05, 0) is 43.3 Å². The molecule has 7 nitrogen and oxygen atoms in total. The predicted octanol–water partition coefficient (Wildman–Crippen LogP) is 2.16. The highest BCUT2D eigenvalue weighted by Crippen LogP contribution is 2.16. The molecular weight excluding hydrogens is 372 g/mol. The first-order chi connectivity index (χ1) is 14.1. The number of rotatable bonds is 7. The molecule has 0 aromatic heterocycles. The second kappa shape index (κ2) is 9.73. The van der Waals surface area contributed by atoms with E-state index in [0.29, 0.717) is 24.4 Å². The molecule has 2 aromatic carbocycles. The molecule has 3 rings (SSSR count). The third-order valence-corrected chi connectivity index (χ3v) is 4.74. The minimum Gasteiger partial charge on any atom is -0.482 e. The van der Waals surface area contributed by atoms with Crippen molar-refractivity contribution in [1.82, 2.24) is 4.90 Å². The van der Waals surface area contributed by atoms with Crippen molar-refractivity contribution in [3.05, 3.63) is 60.2 Å². The first-order valence-electron chi connectivity index (χ1n) is 9.53. The molecule has 1 aliphatic heterocycles. The number of carbonyl (C=O) groups excluding carboxylic acids is 3. The molecule has 1 amide bonds. The lowest BCUT2D eigenvalue weighted by atomic mass is 10.2. The molecule has 29 heavy (non-hydrogen) atoms. The summed E-state index contributed by atoms with van der Waals surface area (Å²) in [6.07, 6.45) is -0.142. The number of amides is 1. The minimum atomic E-state index is -0.869. The quantitative estimate of drug-likeness (QED) is 0.527. The molecule has 2 aromatic rings. The molecule has 152 valence electrons. The lowest BCUT2D eigenvalue weighted by Gasteiger charge is -2.37. The maximum Gasteiger partial charge on any atom is 0.344 e. The van der Waals surface area contributed by atoms with Crippen molar-refractivity contribution < 1.29 is 23.9 Å². The third kappa shape index (κ3) is 5.57. The Morgan fingerprint density at radius 1 is 1.00 bits per heavy atom. The number of carbonyl (C=O) groups is 3. The second-order valence-corrected chi connectivity index (χ2v) is 6.76. The van der Waals surface area contributed by atoms with E-state index in [9.17, 15) is 14.4 Å². The first-order valence-corrected chi connectivity index (χ1v) is 9.53. The summed E-state index contributed by atoms with van der Waals surface area (Å²) >= 11 is 0. The standard InChI is InChI=1S/C22H24N2O5/c1-17(29-21(26)16-28-20-9-7-18(15-25)8-10-20)22(27)24-13-11-23(12-14-24)19-5-3-2-4-6-19/h2-10,15,17H,11-14,16H2,1H3/t17-/m1/s1. The molecule has 1 atom stereocenters. The number of benzene rings is 2. The van der Waals surface area contributed by atoms with E-state index in [4.69, 9.17) is 9.47 Å². The van der Waals surface area contributed by atoms with Crippen LogP contribution in [0.5, 0.6) is 5.75 Å². The van der Waals surface area contributed by atoms with Gasteiger partial charge in [0.05, 0.1) is 0 Å². The van der Waals surface area contributed by atoms with Crippen LogP contribution in [-0.2, 0) is 14.3 Å². The maximum atomic E-state index is 12.6. The van der Waals surface area contributed by atoms with E-state index in [0.717, 1.165) is 25.1 Å². The highest BCUT2D eigenvalue weighted by Gasteiger charge is 2.27. The fourth-order valence-corrected chi connectivity index (χ4v) is 3.15. The average Bonchev–Trinajstić information content (AvgIpc) is 2.78. The van der Waals surface area contributed by atoms with Crippen molar-refractivity contribution >= 4 is 23.9 Å². The van der Waals surface area contributed by atoms with Crippen molar-refractivity contribution in [1.29, 1.82) is 0 Å². The number of aldehydes is 1. The Hall–Kier alpha value is -3.35. The SMILES string of the molecule is C[C@@H](OC(=O)COc1ccc(C=O)cc1)C(=O)N1CCN(c2ccccc2)CC1. The number of hydrogen-bond acceptors (Lipinski definition) is 6. The number of hydrogen-bond donors (Lipinski definition) is 0. The molecule has 0 spiro atoms. The molecule has 0 radical (unpaired) electrons. The van der Waals surface area contributed by atoms with Gasteiger partial charge < -0.3 is 19.3 Å². The van der Waals surface area contributed by atoms with Crippen LogP contribution < -0.4 is 9.64 Å². The largest absolute Gasteiger partial charge is 0.482 e. The Bertz CT molecular complexity index is 830. The summed E-state index contributed by atoms with van der Waals surface area (Å²) in [6.45, 7) is 3.89. The first kappa shape index (κ1) is 20.4. The smallest absolute Gasteiger partial charge is 0.344 e. The van der Waals surface area contributed by atoms with Gasteiger partial charge in [-0.3, -0.25) is 9.59 Å². The topological polar surface area (TPSA) is 76.1 Å². The van der Waals surface area contributed by atoms with Crippen LogP contribution in [0.25, 0.3) is 0 Å². The average molecular weight is 396 g/mol. The number of nitrogens with zero attached hydrogens (tertiary/aromatic N) is 2. The van der Waals surface area contributed by atoms with Crippen LogP contribution in [0.1, 0.15) is 17.3 Å². The zero-order valence-corrected chi connectivity index (χ0v) is 16.3. The van der Waals surface area contributed by atoms with Gasteiger partial charge >= 0.3 is 5.97 Å². The van der Waals surface area contributed by atoms with Crippen molar-refractivity contribution in [3.63, 3.8) is 0 Å². The van der Waals surface area contributed by atoms with E-state index >= 15 is 0 Å². The number of anilines is 1. The van der Waals surface area contributed by atoms with Gasteiger partial charge in [0.2, 0.25) is 0 Å². The van der Waals surface area contributed by atoms with Crippen LogP contribution in [0, 0.1) is 0 Å². The van der Waals surface area contributed by atoms with Gasteiger partial charge in [-0.25, -0.2) is 4.79 Å². The molecule has 0 bridgehead atoms. The van der Waals surface area contributed by atoms with Crippen LogP contribution in [-0.4, -0.2) is 62.0 Å². The summed E-state index contributed by atoms with van der Waals surface area (Å²) < 4.78 is 10.6. The van der Waals surface area contributed by atoms with Crippen molar-refractivity contribution in [2.24, 2.45) is 0 Å². The van der Waals surface area contributed by atoms with Gasteiger partial charge in [0, 0.05) is 37.4 Å². The number of ether oxygens (including phenoxy) is 2. The summed E-state index contributed by atoms with van der Waals surface area (Å²) in [4.78, 5) is 39.2. The molecule has 1 saturated heterocycles. The monoisotopic (exact) mass is 396 g/mol. The Morgan fingerprint density at radius 2 is 1.66 bits per heavy atom. The van der Waals surface area contributed by atoms with Gasteiger partial charge in [-0.1, -0.05) is 18.2 Å². The molecule has 7 heteroatoms. The molecule has 1 aliphatic rings. The molecule has 0 unspecified atom stereocenters. The summed E-state index contributed by atoms with van der Waals surface area (Å²) in [5.74, 6) is -0.377. The highest BCUT2D eigenvalue weighted by molar-refractivity contribution is 5.84. The maximum absolute atomic E-state index is 12.6. The second-order valence-electron chi connectivity index (χ2n) is 6.76. The molecular formula is C22H24N2O5. The van der Waals surface area contributed by atoms with Crippen LogP contribution in [0.2, 0.25) is 0 Å². The third-order valence-electron chi connectivity index (χ3n) is 4.74. The zero-order valence-electron chi connectivity index (χ0n) is 16.3. The van der Waals surface area contributed by atoms with E-state index in [2.05, 4.69) is 4.90 Å². The number of esters is 1. The molecule has 0 saturated carbocycles. The van der Waals surface area contributed by atoms with Crippen LogP contribution in [0.3, 0.4) is 0 Å². The number of piperazine rings is 1. The van der Waals surface area contributed by atoms with E-state index < -0.39 is 12.1 Å². The summed E-state index contributed by atoms with van der Waals surface area (Å²) in [7, 11) is 0. The van der Waals surface area contributed by atoms with Gasteiger partial charge in [0.15, 0.2) is 12.7 Å². The van der Waals surface area contributed by atoms with Crippen molar-refractivity contribution in [2.45, 2.75) is 13.0 Å². The van der Waals surface area contributed by atoms with Crippen molar-refractivity contribution in [3.8, 4) is 5.75 Å². The summed E-state index contributed by atoms with van der Waals surface area (Å²) in [5, 5.41) is 0. The molecule has 0 aliphatic carbocycles. The van der Waals surface area contributed by atoms with E-state index in [1.807, 2.05) is 30.3 Å². The normalized spacial score (nSPS) is 14.8. The van der Waals surface area contributed by atoms with Crippen LogP contribution >= 0.6 is 0 Å². The fraction of sp³-hybridized carbons (Fsp3) is 0.318.